The molecule has 0 unspecified atom stereocenters. The number of hydrogen-bond acceptors (Lipinski definition) is 0. The molecule has 0 saturated carbocycles. The summed E-state index contributed by atoms with van der Waals surface area (Å²) in [6.07, 6.45) is 0. The fraction of sp³-hybridized carbons (Fsp3) is 0. The second-order valence-electron chi connectivity index (χ2n) is 1.42. The van der Waals surface area contributed by atoms with Gasteiger partial charge >= 0.3 is 0 Å². The van der Waals surface area contributed by atoms with Crippen LogP contribution in [0.25, 0.3) is 0 Å². The van der Waals surface area contributed by atoms with Crippen molar-refractivity contribution in [3.63, 3.8) is 0 Å². The van der Waals surface area contributed by atoms with Crippen molar-refractivity contribution in [1.82, 2.24) is 0 Å². The Bertz CT molecular complexity index is 111. The first-order valence-electron chi connectivity index (χ1n) is 1.92. The zero-order chi connectivity index (χ0) is 8.58. The molecule has 0 rings (SSSR count). The van der Waals surface area contributed by atoms with Gasteiger partial charge in [-0.3, -0.25) is 0 Å². The Morgan fingerprint density at radius 2 is 1.10 bits per heavy atom. The van der Waals surface area contributed by atoms with Crippen molar-refractivity contribution in [3.05, 3.63) is 0 Å². The van der Waals surface area contributed by atoms with Gasteiger partial charge in [-0.05, 0) is 0 Å². The number of halogens is 7. The third-order valence-corrected chi connectivity index (χ3v) is 130. The zero-order valence-electron chi connectivity index (χ0n) is 4.22. The highest BCUT2D eigenvalue weighted by molar-refractivity contribution is 9.84. The first kappa shape index (κ1) is 14.0. The molecule has 10 heavy (non-hydrogen) atoms. The lowest BCUT2D eigenvalue weighted by Crippen LogP contribution is -2.48. The Labute approximate surface area is 118 Å². The van der Waals surface area contributed by atoms with E-state index in [1.54, 1.807) is 0 Å². The lowest BCUT2D eigenvalue weighted by Gasteiger charge is -2.25. The lowest BCUT2D eigenvalue weighted by atomic mass is 26.6. The molecule has 0 aromatic carbocycles. The van der Waals surface area contributed by atoms with Gasteiger partial charge in [-0.2, -0.15) is 0 Å². The first-order chi connectivity index (χ1) is 4.19. The largest absolute Gasteiger partial charge is 0.277 e. The van der Waals surface area contributed by atoms with E-state index in [9.17, 15) is 0 Å². The van der Waals surface area contributed by atoms with Crippen LogP contribution in [0.1, 0.15) is 0 Å². The van der Waals surface area contributed by atoms with E-state index >= 15 is 0 Å². The molecule has 0 nitrogen and oxygen atoms in total. The summed E-state index contributed by atoms with van der Waals surface area (Å²) in [5.41, 5.74) is -0.986. The van der Waals surface area contributed by atoms with E-state index in [1.807, 2.05) is 0 Å². The third-order valence-electron chi connectivity index (χ3n) is 0.652. The minimum atomic E-state index is -1.57. The van der Waals surface area contributed by atoms with Crippen LogP contribution >= 0.6 is 107 Å². The van der Waals surface area contributed by atoms with E-state index in [-0.39, 0.29) is 0 Å². The van der Waals surface area contributed by atoms with Crippen molar-refractivity contribution in [2.24, 2.45) is 0 Å². The van der Waals surface area contributed by atoms with Gasteiger partial charge in [0.05, 0.1) is 0 Å². The van der Waals surface area contributed by atoms with Crippen LogP contribution in [0.5, 0.6) is 0 Å². The van der Waals surface area contributed by atoms with Crippen molar-refractivity contribution < 1.29 is 0 Å². The van der Waals surface area contributed by atoms with Crippen LogP contribution < -0.4 is 0 Å². The zero-order valence-corrected chi connectivity index (χ0v) is 18.5. The molecule has 62 valence electrons. The molecular formula is HBr7Si3. The normalized spacial score (nSPS) is 14.4. The molecule has 0 aliphatic rings. The summed E-state index contributed by atoms with van der Waals surface area (Å²) >= 11 is 25.5. The summed E-state index contributed by atoms with van der Waals surface area (Å²) in [5.74, 6) is 0. The Balaban J connectivity index is 4.40. The van der Waals surface area contributed by atoms with Crippen LogP contribution in [0.15, 0.2) is 0 Å². The van der Waals surface area contributed by atoms with Crippen molar-refractivity contribution in [2.75, 3.05) is 0 Å². The standard InChI is InChI=1S/Br7HSi3/c1-8(2)10(6,7)9(3,4)5/h8H. The van der Waals surface area contributed by atoms with E-state index in [1.165, 1.54) is 0 Å². The molecule has 0 aromatic heterocycles. The maximum absolute atomic E-state index is 3.71. The second-order valence-corrected chi connectivity index (χ2v) is 76.2. The first-order valence-corrected chi connectivity index (χ1v) is 26.4. The van der Waals surface area contributed by atoms with Crippen LogP contribution in [0, 0.1) is 0 Å². The Morgan fingerprint density at radius 3 is 1.10 bits per heavy atom. The van der Waals surface area contributed by atoms with Crippen molar-refractivity contribution in [3.8, 4) is 0 Å². The summed E-state index contributed by atoms with van der Waals surface area (Å²) in [5, 5.41) is 0. The molecule has 0 fully saturated rings. The van der Waals surface area contributed by atoms with Crippen LogP contribution in [0.2, 0.25) is 0 Å². The topological polar surface area (TPSA) is 0 Å². The molecule has 0 spiro atoms. The van der Waals surface area contributed by atoms with Crippen LogP contribution in [0.4, 0.5) is 0 Å². The lowest BCUT2D eigenvalue weighted by molar-refractivity contribution is 3.89. The molecule has 0 heterocycles. The van der Waals surface area contributed by atoms with Crippen molar-refractivity contribution in [1.29, 1.82) is 0 Å². The molecule has 0 amide bonds. The molecule has 0 aliphatic heterocycles. The van der Waals surface area contributed by atoms with E-state index in [0.29, 0.717) is 0 Å². The quantitative estimate of drug-likeness (QED) is 0.307. The third kappa shape index (κ3) is 4.03. The Hall–Kier alpha value is 4.01. The summed E-state index contributed by atoms with van der Waals surface area (Å²) in [6, 6.07) is 0. The molecule has 10 heteroatoms. The minimum Gasteiger partial charge on any atom is -0.117 e. The molecule has 0 N–H and O–H groups in total. The van der Waals surface area contributed by atoms with Gasteiger partial charge in [0.25, 0.3) is 3.45 Å². The maximum Gasteiger partial charge on any atom is 0.277 e. The number of hydrogen-bond donors (Lipinski definition) is 0. The van der Waals surface area contributed by atoms with E-state index < -0.39 is 13.3 Å². The van der Waals surface area contributed by atoms with Crippen LogP contribution in [-0.4, -0.2) is 13.3 Å². The molecule has 0 radical (unpaired) electrons. The van der Waals surface area contributed by atoms with Crippen molar-refractivity contribution >= 4 is 120 Å². The summed E-state index contributed by atoms with van der Waals surface area (Å²) < 4.78 is -3.07. The van der Waals surface area contributed by atoms with E-state index in [0.717, 1.165) is 0 Å². The summed E-state index contributed by atoms with van der Waals surface area (Å²) in [7, 11) is 0. The average Bonchev–Trinajstić information content (AvgIpc) is 1.62. The molecule has 0 bridgehead atoms. The van der Waals surface area contributed by atoms with Crippen LogP contribution in [0.3, 0.4) is 0 Å². The van der Waals surface area contributed by atoms with Gasteiger partial charge in [0, 0.05) is 0 Å². The second kappa shape index (κ2) is 5.19. The monoisotopic (exact) mass is 637 g/mol. The van der Waals surface area contributed by atoms with Gasteiger partial charge in [0.15, 0.2) is 0 Å². The van der Waals surface area contributed by atoms with Gasteiger partial charge in [-0.15, -0.1) is 61.2 Å². The molecule has 0 atom stereocenters. The SMILES string of the molecule is Br[SiH](Br)[Si](Br)(Br)[Si](Br)(Br)Br. The average molecular weight is 645 g/mol. The highest BCUT2D eigenvalue weighted by Crippen LogP contribution is 2.47. The fourth-order valence-corrected chi connectivity index (χ4v) is 90.2. The highest BCUT2D eigenvalue weighted by atomic mass is 80.0. The van der Waals surface area contributed by atoms with E-state index in [2.05, 4.69) is 107 Å². The van der Waals surface area contributed by atoms with Gasteiger partial charge in [0.2, 0.25) is 9.90 Å². The Kier molecular flexibility index (Phi) is 7.28. The van der Waals surface area contributed by atoms with Gasteiger partial charge in [0.1, 0.15) is 0 Å². The predicted octanol–water partition coefficient (Wildman–Crippen LogP) is 4.51. The Morgan fingerprint density at radius 1 is 0.800 bits per heavy atom. The molecular weight excluding hydrogens is 644 g/mol. The van der Waals surface area contributed by atoms with Gasteiger partial charge in [-0.25, -0.2) is 0 Å². The molecule has 0 aromatic rings. The fourth-order valence-electron chi connectivity index (χ4n) is 0.124. The highest BCUT2D eigenvalue weighted by Gasteiger charge is 2.53. The molecule has 0 saturated heterocycles. The van der Waals surface area contributed by atoms with Gasteiger partial charge in [-0.1, -0.05) is 45.9 Å². The predicted molar refractivity (Wildman–Crippen MR) is 81.1 cm³/mol. The smallest absolute Gasteiger partial charge is 0.117 e. The summed E-state index contributed by atoms with van der Waals surface area (Å²) in [4.78, 5) is 0. The summed E-state index contributed by atoms with van der Waals surface area (Å²) in [6.45, 7) is 0. The van der Waals surface area contributed by atoms with E-state index in [4.69, 9.17) is 0 Å². The van der Waals surface area contributed by atoms with Crippen LogP contribution in [-0.2, 0) is 0 Å². The number of rotatable bonds is 2. The minimum absolute atomic E-state index is 0.986. The van der Waals surface area contributed by atoms with Crippen molar-refractivity contribution in [2.45, 2.75) is 0 Å². The molecule has 0 aliphatic carbocycles. The van der Waals surface area contributed by atoms with Gasteiger partial charge < -0.3 is 0 Å². The maximum atomic E-state index is 3.71.